The van der Waals surface area contributed by atoms with Gasteiger partial charge in [-0.05, 0) is 0 Å². The van der Waals surface area contributed by atoms with Crippen LogP contribution in [0.15, 0.2) is 6.33 Å². The third kappa shape index (κ3) is 1.96. The van der Waals surface area contributed by atoms with E-state index < -0.39 is 18.4 Å². The Morgan fingerprint density at radius 1 is 1.55 bits per heavy atom. The maximum absolute atomic E-state index is 9.78. The smallest absolute Gasteiger partial charge is 0.320 e. The molecule has 1 aliphatic heterocycles. The van der Waals surface area contributed by atoms with Crippen molar-refractivity contribution in [3.63, 3.8) is 0 Å². The number of anilines is 1. The van der Waals surface area contributed by atoms with Crippen molar-refractivity contribution in [2.24, 2.45) is 0 Å². The van der Waals surface area contributed by atoms with Crippen LogP contribution in [0.2, 0.25) is 0 Å². The molecule has 3 heterocycles. The molecule has 2 aromatic rings. The van der Waals surface area contributed by atoms with E-state index >= 15 is 0 Å². The van der Waals surface area contributed by atoms with Crippen LogP contribution in [0.1, 0.15) is 12.6 Å². The van der Waals surface area contributed by atoms with Gasteiger partial charge in [-0.1, -0.05) is 0 Å². The van der Waals surface area contributed by atoms with Gasteiger partial charge in [0.1, 0.15) is 12.3 Å². The van der Waals surface area contributed by atoms with Crippen molar-refractivity contribution in [1.82, 2.24) is 19.5 Å². The lowest BCUT2D eigenvalue weighted by atomic mass is 10.2. The van der Waals surface area contributed by atoms with Gasteiger partial charge in [0.05, 0.1) is 26.1 Å². The van der Waals surface area contributed by atoms with Gasteiger partial charge in [-0.2, -0.15) is 9.97 Å². The van der Waals surface area contributed by atoms with Gasteiger partial charge < -0.3 is 25.4 Å². The molecule has 0 radical (unpaired) electrons. The predicted octanol–water partition coefficient (Wildman–Crippen LogP) is -0.942. The number of nitrogens with zero attached hydrogens (tertiary/aromatic N) is 4. The van der Waals surface area contributed by atoms with Crippen molar-refractivity contribution >= 4 is 17.0 Å². The molecule has 0 saturated carbocycles. The van der Waals surface area contributed by atoms with E-state index in [0.29, 0.717) is 17.6 Å². The van der Waals surface area contributed by atoms with Gasteiger partial charge in [-0.25, -0.2) is 4.98 Å². The second-order valence-electron chi connectivity index (χ2n) is 4.53. The summed E-state index contributed by atoms with van der Waals surface area (Å²) in [5, 5.41) is 18.9. The molecule has 20 heavy (non-hydrogen) atoms. The number of nitrogens with two attached hydrogens (primary N) is 1. The van der Waals surface area contributed by atoms with E-state index in [1.54, 1.807) is 4.57 Å². The van der Waals surface area contributed by atoms with E-state index in [1.165, 1.54) is 13.4 Å². The summed E-state index contributed by atoms with van der Waals surface area (Å²) in [5.74, 6) is 0.211. The number of fused-ring (bicyclic) bond motifs is 1. The molecule has 4 N–H and O–H groups in total. The maximum Gasteiger partial charge on any atom is 0.320 e. The number of hydrogen-bond donors (Lipinski definition) is 3. The summed E-state index contributed by atoms with van der Waals surface area (Å²) in [5.41, 5.74) is 6.69. The van der Waals surface area contributed by atoms with Gasteiger partial charge >= 0.3 is 6.01 Å². The molecule has 9 heteroatoms. The molecule has 0 aliphatic carbocycles. The first-order valence-corrected chi connectivity index (χ1v) is 6.12. The van der Waals surface area contributed by atoms with Crippen LogP contribution in [0, 0.1) is 0 Å². The molecule has 0 bridgehead atoms. The van der Waals surface area contributed by atoms with Crippen LogP contribution in [-0.4, -0.2) is 55.7 Å². The molecule has 3 rings (SSSR count). The molecule has 1 aliphatic rings. The van der Waals surface area contributed by atoms with Gasteiger partial charge in [0.2, 0.25) is 0 Å². The summed E-state index contributed by atoms with van der Waals surface area (Å²) in [6, 6.07) is 0.133. The van der Waals surface area contributed by atoms with Crippen LogP contribution in [0.3, 0.4) is 0 Å². The van der Waals surface area contributed by atoms with Gasteiger partial charge in [0.25, 0.3) is 0 Å². The van der Waals surface area contributed by atoms with Crippen LogP contribution in [0.25, 0.3) is 11.2 Å². The van der Waals surface area contributed by atoms with E-state index in [4.69, 9.17) is 20.3 Å². The fourth-order valence-corrected chi connectivity index (χ4v) is 2.27. The first-order chi connectivity index (χ1) is 9.63. The van der Waals surface area contributed by atoms with E-state index in [9.17, 15) is 5.11 Å². The maximum atomic E-state index is 9.78. The predicted molar refractivity (Wildman–Crippen MR) is 67.9 cm³/mol. The molecule has 3 atom stereocenters. The molecule has 108 valence electrons. The van der Waals surface area contributed by atoms with Crippen molar-refractivity contribution in [2.75, 3.05) is 19.5 Å². The zero-order valence-corrected chi connectivity index (χ0v) is 10.8. The van der Waals surface area contributed by atoms with Crippen molar-refractivity contribution in [3.8, 4) is 6.01 Å². The summed E-state index contributed by atoms with van der Waals surface area (Å²) in [6.45, 7) is -0.245. The Labute approximate surface area is 114 Å². The lowest BCUT2D eigenvalue weighted by molar-refractivity contribution is -0.0432. The minimum Gasteiger partial charge on any atom is -0.467 e. The standard InChI is InChI=1S/C11H15N5O4/c1-19-11-14-9(12)8-10(15-11)16(4-13-8)7-2-5(18)6(3-17)20-7/h4-7,17-18H,2-3H2,1H3,(H2,12,14,15)/t5-,6+,7-/m1/s1. The lowest BCUT2D eigenvalue weighted by Crippen LogP contribution is -2.24. The zero-order valence-electron chi connectivity index (χ0n) is 10.8. The number of ether oxygens (including phenoxy) is 2. The average Bonchev–Trinajstić information content (AvgIpc) is 3.01. The third-order valence-corrected chi connectivity index (χ3v) is 3.30. The highest BCUT2D eigenvalue weighted by Gasteiger charge is 2.35. The molecule has 1 fully saturated rings. The first kappa shape index (κ1) is 13.0. The molecule has 0 spiro atoms. The SMILES string of the molecule is COc1nc(N)c2ncn([C@H]3C[C@@H](O)[C@H](CO)O3)c2n1. The number of aliphatic hydroxyl groups excluding tert-OH is 2. The van der Waals surface area contributed by atoms with E-state index in [1.807, 2.05) is 0 Å². The summed E-state index contributed by atoms with van der Waals surface area (Å²) in [6.07, 6.45) is 0.0445. The Kier molecular flexibility index (Phi) is 3.16. The number of nitrogen functional groups attached to an aromatic ring is 1. The topological polar surface area (TPSA) is 129 Å². The number of aromatic nitrogens is 4. The summed E-state index contributed by atoms with van der Waals surface area (Å²) >= 11 is 0. The molecular formula is C11H15N5O4. The second kappa shape index (κ2) is 4.85. The van der Waals surface area contributed by atoms with E-state index in [0.717, 1.165) is 0 Å². The Morgan fingerprint density at radius 3 is 3.00 bits per heavy atom. The molecular weight excluding hydrogens is 266 g/mol. The van der Waals surface area contributed by atoms with Gasteiger partial charge in [-0.15, -0.1) is 0 Å². The van der Waals surface area contributed by atoms with Crippen molar-refractivity contribution < 1.29 is 19.7 Å². The Morgan fingerprint density at radius 2 is 2.35 bits per heavy atom. The number of methoxy groups -OCH3 is 1. The average molecular weight is 281 g/mol. The van der Waals surface area contributed by atoms with Crippen LogP contribution >= 0.6 is 0 Å². The fraction of sp³-hybridized carbons (Fsp3) is 0.545. The van der Waals surface area contributed by atoms with Gasteiger partial charge in [-0.3, -0.25) is 4.57 Å². The number of aliphatic hydroxyl groups is 2. The molecule has 9 nitrogen and oxygen atoms in total. The van der Waals surface area contributed by atoms with Gasteiger partial charge in [0.15, 0.2) is 17.0 Å². The number of hydrogen-bond acceptors (Lipinski definition) is 8. The molecule has 0 aromatic carbocycles. The third-order valence-electron chi connectivity index (χ3n) is 3.30. The highest BCUT2D eigenvalue weighted by molar-refractivity contribution is 5.81. The van der Waals surface area contributed by atoms with Crippen LogP contribution < -0.4 is 10.5 Å². The minimum absolute atomic E-state index is 0.133. The van der Waals surface area contributed by atoms with E-state index in [-0.39, 0.29) is 18.4 Å². The molecule has 1 saturated heterocycles. The zero-order chi connectivity index (χ0) is 14.3. The lowest BCUT2D eigenvalue weighted by Gasteiger charge is -2.13. The van der Waals surface area contributed by atoms with Crippen LogP contribution in [0.5, 0.6) is 6.01 Å². The molecule has 0 unspecified atom stereocenters. The quantitative estimate of drug-likeness (QED) is 0.657. The summed E-state index contributed by atoms with van der Waals surface area (Å²) in [4.78, 5) is 12.3. The Balaban J connectivity index is 2.02. The summed E-state index contributed by atoms with van der Waals surface area (Å²) < 4.78 is 12.2. The van der Waals surface area contributed by atoms with Crippen molar-refractivity contribution in [1.29, 1.82) is 0 Å². The fourth-order valence-electron chi connectivity index (χ4n) is 2.27. The largest absolute Gasteiger partial charge is 0.467 e. The Hall–Kier alpha value is -1.97. The molecule has 2 aromatic heterocycles. The summed E-state index contributed by atoms with van der Waals surface area (Å²) in [7, 11) is 1.44. The highest BCUT2D eigenvalue weighted by Crippen LogP contribution is 2.31. The van der Waals surface area contributed by atoms with Crippen molar-refractivity contribution in [2.45, 2.75) is 24.9 Å². The second-order valence-corrected chi connectivity index (χ2v) is 4.53. The Bertz CT molecular complexity index is 631. The first-order valence-electron chi connectivity index (χ1n) is 6.12. The van der Waals surface area contributed by atoms with Gasteiger partial charge in [0, 0.05) is 6.42 Å². The number of rotatable bonds is 3. The van der Waals surface area contributed by atoms with Crippen LogP contribution in [0.4, 0.5) is 5.82 Å². The van der Waals surface area contributed by atoms with Crippen molar-refractivity contribution in [3.05, 3.63) is 6.33 Å². The molecule has 0 amide bonds. The monoisotopic (exact) mass is 281 g/mol. The minimum atomic E-state index is -0.733. The number of imidazole rings is 1. The normalized spacial score (nSPS) is 26.2. The highest BCUT2D eigenvalue weighted by atomic mass is 16.5. The van der Waals surface area contributed by atoms with E-state index in [2.05, 4.69) is 15.0 Å². The van der Waals surface area contributed by atoms with Crippen LogP contribution in [-0.2, 0) is 4.74 Å².